The van der Waals surface area contributed by atoms with Gasteiger partial charge in [-0.25, -0.2) is 0 Å². The minimum atomic E-state index is 1.34. The lowest BCUT2D eigenvalue weighted by Gasteiger charge is -2.00. The summed E-state index contributed by atoms with van der Waals surface area (Å²) in [5, 5.41) is 8.18. The molecule has 6 aromatic rings. The van der Waals surface area contributed by atoms with Gasteiger partial charge < -0.3 is 0 Å². The highest BCUT2D eigenvalue weighted by Gasteiger charge is 2.09. The first kappa shape index (κ1) is 12.9. The standard InChI is InChI=1S/C22H12S2/c1-3-7-19-15(5-1)17-9-13-12-22-18(10-14(13)11-21(17)23-19)16-6-2-4-8-20(16)24-22/h1-12H. The van der Waals surface area contributed by atoms with E-state index in [0.29, 0.717) is 0 Å². The predicted octanol–water partition coefficient (Wildman–Crippen LogP) is 7.58. The highest BCUT2D eigenvalue weighted by atomic mass is 32.1. The van der Waals surface area contributed by atoms with Crippen LogP contribution in [0.4, 0.5) is 0 Å². The van der Waals surface area contributed by atoms with Crippen molar-refractivity contribution in [3.05, 3.63) is 72.8 Å². The molecule has 112 valence electrons. The van der Waals surface area contributed by atoms with Crippen LogP contribution < -0.4 is 0 Å². The lowest BCUT2D eigenvalue weighted by Crippen LogP contribution is -1.74. The van der Waals surface area contributed by atoms with Crippen LogP contribution in [0.2, 0.25) is 0 Å². The van der Waals surface area contributed by atoms with E-state index in [4.69, 9.17) is 0 Å². The second-order valence-electron chi connectivity index (χ2n) is 6.24. The van der Waals surface area contributed by atoms with Gasteiger partial charge in [0.1, 0.15) is 0 Å². The number of fused-ring (bicyclic) bond motifs is 7. The maximum atomic E-state index is 2.37. The number of rotatable bonds is 0. The Balaban J connectivity index is 1.80. The monoisotopic (exact) mass is 340 g/mol. The van der Waals surface area contributed by atoms with Crippen LogP contribution in [0.3, 0.4) is 0 Å². The van der Waals surface area contributed by atoms with Gasteiger partial charge in [-0.3, -0.25) is 0 Å². The molecule has 4 aromatic carbocycles. The minimum absolute atomic E-state index is 1.34. The molecule has 0 fully saturated rings. The molecular formula is C22H12S2. The smallest absolute Gasteiger partial charge is 0.0361 e. The van der Waals surface area contributed by atoms with Crippen molar-refractivity contribution in [1.29, 1.82) is 0 Å². The van der Waals surface area contributed by atoms with Gasteiger partial charge in [0.25, 0.3) is 0 Å². The van der Waals surface area contributed by atoms with Crippen LogP contribution in [0, 0.1) is 0 Å². The van der Waals surface area contributed by atoms with Crippen molar-refractivity contribution in [3.63, 3.8) is 0 Å². The molecular weight excluding hydrogens is 328 g/mol. The first-order chi connectivity index (χ1) is 11.9. The fourth-order valence-electron chi connectivity index (χ4n) is 3.69. The van der Waals surface area contributed by atoms with Crippen molar-refractivity contribution in [3.8, 4) is 0 Å². The van der Waals surface area contributed by atoms with Gasteiger partial charge in [0.05, 0.1) is 0 Å². The molecule has 2 heterocycles. The molecule has 6 rings (SSSR count). The van der Waals surface area contributed by atoms with Crippen LogP contribution in [-0.4, -0.2) is 0 Å². The summed E-state index contributed by atoms with van der Waals surface area (Å²) in [7, 11) is 0. The summed E-state index contributed by atoms with van der Waals surface area (Å²) in [4.78, 5) is 0. The average molecular weight is 340 g/mol. The van der Waals surface area contributed by atoms with Crippen molar-refractivity contribution in [2.75, 3.05) is 0 Å². The first-order valence-electron chi connectivity index (χ1n) is 8.03. The van der Waals surface area contributed by atoms with E-state index in [2.05, 4.69) is 72.8 Å². The van der Waals surface area contributed by atoms with Gasteiger partial charge in [-0.1, -0.05) is 36.4 Å². The molecule has 0 spiro atoms. The molecule has 0 N–H and O–H groups in total. The largest absolute Gasteiger partial charge is 0.135 e. The summed E-state index contributed by atoms with van der Waals surface area (Å²) in [5.74, 6) is 0. The van der Waals surface area contributed by atoms with Gasteiger partial charge in [0, 0.05) is 40.3 Å². The van der Waals surface area contributed by atoms with Gasteiger partial charge in [0.2, 0.25) is 0 Å². The Morgan fingerprint density at radius 1 is 0.417 bits per heavy atom. The summed E-state index contributed by atoms with van der Waals surface area (Å²) in [6.07, 6.45) is 0. The van der Waals surface area contributed by atoms with Gasteiger partial charge in [-0.15, -0.1) is 22.7 Å². The van der Waals surface area contributed by atoms with Crippen LogP contribution in [0.1, 0.15) is 0 Å². The quantitative estimate of drug-likeness (QED) is 0.267. The van der Waals surface area contributed by atoms with E-state index in [1.54, 1.807) is 0 Å². The third-order valence-electron chi connectivity index (χ3n) is 4.83. The lowest BCUT2D eigenvalue weighted by atomic mass is 10.0. The Labute approximate surface area is 146 Å². The molecule has 0 unspecified atom stereocenters. The molecule has 0 saturated heterocycles. The molecule has 0 aliphatic heterocycles. The molecule has 0 atom stereocenters. The molecule has 0 amide bonds. The SMILES string of the molecule is c1ccc2c(c1)sc1cc3cc4c(cc3cc12)sc1ccccc14. The van der Waals surface area contributed by atoms with E-state index in [-0.39, 0.29) is 0 Å². The summed E-state index contributed by atoms with van der Waals surface area (Å²) in [6, 6.07) is 26.9. The van der Waals surface area contributed by atoms with E-state index < -0.39 is 0 Å². The topological polar surface area (TPSA) is 0 Å². The van der Waals surface area contributed by atoms with Crippen molar-refractivity contribution >= 4 is 73.8 Å². The average Bonchev–Trinajstić information content (AvgIpc) is 3.15. The van der Waals surface area contributed by atoms with Crippen molar-refractivity contribution in [2.24, 2.45) is 0 Å². The van der Waals surface area contributed by atoms with E-state index in [9.17, 15) is 0 Å². The summed E-state index contributed by atoms with van der Waals surface area (Å²) < 4.78 is 5.50. The Morgan fingerprint density at radius 3 is 1.38 bits per heavy atom. The van der Waals surface area contributed by atoms with Crippen LogP contribution in [0.15, 0.2) is 72.8 Å². The minimum Gasteiger partial charge on any atom is -0.135 e. The molecule has 0 aliphatic carbocycles. The van der Waals surface area contributed by atoms with Gasteiger partial charge in [-0.2, -0.15) is 0 Å². The first-order valence-corrected chi connectivity index (χ1v) is 9.66. The Hall–Kier alpha value is -2.42. The van der Waals surface area contributed by atoms with Crippen LogP contribution in [-0.2, 0) is 0 Å². The molecule has 0 radical (unpaired) electrons. The molecule has 2 heteroatoms. The summed E-state index contributed by atoms with van der Waals surface area (Å²) in [5.41, 5.74) is 0. The van der Waals surface area contributed by atoms with E-state index >= 15 is 0 Å². The third kappa shape index (κ3) is 1.67. The Morgan fingerprint density at radius 2 is 0.875 bits per heavy atom. The normalized spacial score (nSPS) is 12.2. The fraction of sp³-hybridized carbons (Fsp3) is 0. The summed E-state index contributed by atoms with van der Waals surface area (Å²) in [6.45, 7) is 0. The fourth-order valence-corrected chi connectivity index (χ4v) is 5.96. The maximum absolute atomic E-state index is 2.37. The number of benzene rings is 4. The van der Waals surface area contributed by atoms with Crippen molar-refractivity contribution in [2.45, 2.75) is 0 Å². The van der Waals surface area contributed by atoms with Gasteiger partial charge >= 0.3 is 0 Å². The molecule has 0 bridgehead atoms. The van der Waals surface area contributed by atoms with Crippen LogP contribution >= 0.6 is 22.7 Å². The molecule has 0 aliphatic rings. The van der Waals surface area contributed by atoms with Gasteiger partial charge in [-0.05, 0) is 47.2 Å². The van der Waals surface area contributed by atoms with Crippen LogP contribution in [0.25, 0.3) is 51.1 Å². The second-order valence-corrected chi connectivity index (χ2v) is 8.41. The number of hydrogen-bond acceptors (Lipinski definition) is 2. The molecule has 0 saturated carbocycles. The summed E-state index contributed by atoms with van der Waals surface area (Å²) >= 11 is 3.78. The number of hydrogen-bond donors (Lipinski definition) is 0. The Bertz CT molecular complexity index is 1290. The highest BCUT2D eigenvalue weighted by molar-refractivity contribution is 7.26. The second kappa shape index (κ2) is 4.56. The van der Waals surface area contributed by atoms with Crippen LogP contribution in [0.5, 0.6) is 0 Å². The highest BCUT2D eigenvalue weighted by Crippen LogP contribution is 2.40. The van der Waals surface area contributed by atoms with E-state index in [1.165, 1.54) is 51.1 Å². The lowest BCUT2D eigenvalue weighted by molar-refractivity contribution is 1.86. The number of thiophene rings is 2. The molecule has 0 nitrogen and oxygen atoms in total. The van der Waals surface area contributed by atoms with E-state index in [0.717, 1.165) is 0 Å². The third-order valence-corrected chi connectivity index (χ3v) is 7.10. The zero-order valence-corrected chi connectivity index (χ0v) is 14.4. The zero-order valence-electron chi connectivity index (χ0n) is 12.7. The van der Waals surface area contributed by atoms with Gasteiger partial charge in [0.15, 0.2) is 0 Å². The maximum Gasteiger partial charge on any atom is 0.0361 e. The Kier molecular flexibility index (Phi) is 2.46. The molecule has 24 heavy (non-hydrogen) atoms. The zero-order chi connectivity index (χ0) is 15.7. The van der Waals surface area contributed by atoms with E-state index in [1.807, 2.05) is 22.7 Å². The van der Waals surface area contributed by atoms with Crippen molar-refractivity contribution in [1.82, 2.24) is 0 Å². The predicted molar refractivity (Wildman–Crippen MR) is 110 cm³/mol. The molecule has 2 aromatic heterocycles. The van der Waals surface area contributed by atoms with Crippen molar-refractivity contribution < 1.29 is 0 Å².